The van der Waals surface area contributed by atoms with Gasteiger partial charge in [-0.05, 0) is 18.4 Å². The van der Waals surface area contributed by atoms with Crippen LogP contribution >= 0.6 is 23.1 Å². The quantitative estimate of drug-likeness (QED) is 0.775. The third-order valence-electron chi connectivity index (χ3n) is 1.56. The van der Waals surface area contributed by atoms with Crippen LogP contribution in [0, 0.1) is 0 Å². The molecule has 0 bridgehead atoms. The van der Waals surface area contributed by atoms with Crippen LogP contribution in [0.15, 0.2) is 5.51 Å². The topological polar surface area (TPSA) is 80.9 Å². The molecule has 0 spiro atoms. The fourth-order valence-electron chi connectivity index (χ4n) is 0.802. The maximum absolute atomic E-state index is 11.4. The Morgan fingerprint density at radius 2 is 2.64 bits per heavy atom. The molecule has 1 aromatic heterocycles. The number of thioether (sulfide) groups is 1. The van der Waals surface area contributed by atoms with Gasteiger partial charge in [-0.15, -0.1) is 10.2 Å². The van der Waals surface area contributed by atoms with Crippen molar-refractivity contribution in [1.29, 1.82) is 0 Å². The molecule has 78 valence electrons. The van der Waals surface area contributed by atoms with Crippen LogP contribution < -0.4 is 11.1 Å². The molecule has 1 aromatic rings. The molecule has 0 aliphatic carbocycles. The average molecular weight is 232 g/mol. The number of amides is 1. The van der Waals surface area contributed by atoms with Crippen molar-refractivity contribution >= 4 is 34.1 Å². The van der Waals surface area contributed by atoms with Gasteiger partial charge in [-0.2, -0.15) is 11.8 Å². The van der Waals surface area contributed by atoms with Gasteiger partial charge in [-0.25, -0.2) is 0 Å². The fraction of sp³-hybridized carbons (Fsp3) is 0.571. The second kappa shape index (κ2) is 5.94. The highest BCUT2D eigenvalue weighted by atomic mass is 32.2. The summed E-state index contributed by atoms with van der Waals surface area (Å²) in [6.07, 6.45) is 2.65. The van der Waals surface area contributed by atoms with E-state index in [2.05, 4.69) is 15.5 Å². The predicted molar refractivity (Wildman–Crippen MR) is 59.5 cm³/mol. The first-order chi connectivity index (χ1) is 6.74. The van der Waals surface area contributed by atoms with Gasteiger partial charge in [0.1, 0.15) is 5.51 Å². The molecule has 7 heteroatoms. The standard InChI is InChI=1S/C7H12N4OS2/c1-13-3-2-5(8)6(12)10-7-11-9-4-14-7/h4-5H,2-3,8H2,1H3,(H,10,11,12). The summed E-state index contributed by atoms with van der Waals surface area (Å²) in [5.41, 5.74) is 7.21. The van der Waals surface area contributed by atoms with Crippen LogP contribution in [0.2, 0.25) is 0 Å². The van der Waals surface area contributed by atoms with Gasteiger partial charge in [0, 0.05) is 0 Å². The van der Waals surface area contributed by atoms with Crippen molar-refractivity contribution in [2.45, 2.75) is 12.5 Å². The van der Waals surface area contributed by atoms with Crippen LogP contribution in [0.5, 0.6) is 0 Å². The Morgan fingerprint density at radius 1 is 1.86 bits per heavy atom. The van der Waals surface area contributed by atoms with Gasteiger partial charge < -0.3 is 5.73 Å². The number of carbonyl (C=O) groups is 1. The number of nitrogens with two attached hydrogens (primary N) is 1. The Morgan fingerprint density at radius 3 is 3.21 bits per heavy atom. The van der Waals surface area contributed by atoms with Crippen LogP contribution in [0.4, 0.5) is 5.13 Å². The Hall–Kier alpha value is -0.660. The fourth-order valence-corrected chi connectivity index (χ4v) is 1.74. The van der Waals surface area contributed by atoms with E-state index in [1.165, 1.54) is 11.3 Å². The molecule has 1 atom stereocenters. The van der Waals surface area contributed by atoms with E-state index in [1.807, 2.05) is 6.26 Å². The lowest BCUT2D eigenvalue weighted by atomic mass is 10.2. The van der Waals surface area contributed by atoms with Crippen LogP contribution in [0.1, 0.15) is 6.42 Å². The maximum atomic E-state index is 11.4. The zero-order valence-corrected chi connectivity index (χ0v) is 9.40. The third kappa shape index (κ3) is 3.60. The van der Waals surface area contributed by atoms with Crippen LogP contribution in [-0.2, 0) is 4.79 Å². The molecule has 1 heterocycles. The number of rotatable bonds is 5. The van der Waals surface area contributed by atoms with Crippen molar-refractivity contribution in [3.8, 4) is 0 Å². The molecule has 0 aromatic carbocycles. The Balaban J connectivity index is 2.34. The summed E-state index contributed by atoms with van der Waals surface area (Å²) in [5.74, 6) is 0.681. The minimum Gasteiger partial charge on any atom is -0.320 e. The lowest BCUT2D eigenvalue weighted by Gasteiger charge is -2.08. The first-order valence-electron chi connectivity index (χ1n) is 4.05. The number of hydrogen-bond acceptors (Lipinski definition) is 6. The van der Waals surface area contributed by atoms with Gasteiger partial charge in [0.25, 0.3) is 0 Å². The van der Waals surface area contributed by atoms with E-state index in [0.717, 1.165) is 5.75 Å². The molecule has 0 saturated heterocycles. The molecule has 0 fully saturated rings. The van der Waals surface area contributed by atoms with E-state index < -0.39 is 6.04 Å². The average Bonchev–Trinajstić information content (AvgIpc) is 2.66. The smallest absolute Gasteiger partial charge is 0.243 e. The van der Waals surface area contributed by atoms with Gasteiger partial charge in [0.15, 0.2) is 0 Å². The molecular weight excluding hydrogens is 220 g/mol. The van der Waals surface area contributed by atoms with Crippen LogP contribution in [-0.4, -0.2) is 34.2 Å². The van der Waals surface area contributed by atoms with E-state index in [0.29, 0.717) is 11.6 Å². The van der Waals surface area contributed by atoms with Crippen molar-refractivity contribution in [2.24, 2.45) is 5.73 Å². The summed E-state index contributed by atoms with van der Waals surface area (Å²) in [7, 11) is 0. The first kappa shape index (κ1) is 11.4. The highest BCUT2D eigenvalue weighted by Gasteiger charge is 2.13. The number of aromatic nitrogens is 2. The maximum Gasteiger partial charge on any atom is 0.243 e. The summed E-state index contributed by atoms with van der Waals surface area (Å²) in [5, 5.41) is 10.4. The number of carbonyl (C=O) groups excluding carboxylic acids is 1. The molecule has 0 aliphatic rings. The molecule has 5 nitrogen and oxygen atoms in total. The number of anilines is 1. The molecule has 1 unspecified atom stereocenters. The minimum absolute atomic E-state index is 0.198. The monoisotopic (exact) mass is 232 g/mol. The van der Waals surface area contributed by atoms with Gasteiger partial charge in [0.05, 0.1) is 6.04 Å². The summed E-state index contributed by atoms with van der Waals surface area (Å²) >= 11 is 2.95. The van der Waals surface area contributed by atoms with Gasteiger partial charge in [0.2, 0.25) is 11.0 Å². The SMILES string of the molecule is CSCCC(N)C(=O)Nc1nncs1. The lowest BCUT2D eigenvalue weighted by molar-refractivity contribution is -0.117. The van der Waals surface area contributed by atoms with E-state index in [-0.39, 0.29) is 5.91 Å². The molecule has 1 rings (SSSR count). The van der Waals surface area contributed by atoms with Crippen molar-refractivity contribution < 1.29 is 4.79 Å². The second-order valence-corrected chi connectivity index (χ2v) is 4.44. The molecule has 0 radical (unpaired) electrons. The minimum atomic E-state index is -0.466. The Labute approximate surface area is 90.5 Å². The Kier molecular flexibility index (Phi) is 4.85. The van der Waals surface area contributed by atoms with Crippen molar-refractivity contribution in [3.05, 3.63) is 5.51 Å². The van der Waals surface area contributed by atoms with Crippen molar-refractivity contribution in [2.75, 3.05) is 17.3 Å². The highest BCUT2D eigenvalue weighted by molar-refractivity contribution is 7.98. The van der Waals surface area contributed by atoms with E-state index >= 15 is 0 Å². The van der Waals surface area contributed by atoms with E-state index in [4.69, 9.17) is 5.73 Å². The number of nitrogens with zero attached hydrogens (tertiary/aromatic N) is 2. The highest BCUT2D eigenvalue weighted by Crippen LogP contribution is 2.09. The number of nitrogens with one attached hydrogen (secondary N) is 1. The third-order valence-corrected chi connectivity index (χ3v) is 2.81. The normalized spacial score (nSPS) is 12.4. The van der Waals surface area contributed by atoms with Crippen molar-refractivity contribution in [3.63, 3.8) is 0 Å². The van der Waals surface area contributed by atoms with E-state index in [1.54, 1.807) is 17.3 Å². The molecule has 0 saturated carbocycles. The largest absolute Gasteiger partial charge is 0.320 e. The zero-order chi connectivity index (χ0) is 10.4. The van der Waals surface area contributed by atoms with Gasteiger partial charge in [-0.1, -0.05) is 11.3 Å². The second-order valence-electron chi connectivity index (χ2n) is 2.62. The predicted octanol–water partition coefficient (Wildman–Crippen LogP) is 0.557. The lowest BCUT2D eigenvalue weighted by Crippen LogP contribution is -2.36. The summed E-state index contributed by atoms with van der Waals surface area (Å²) in [6, 6.07) is -0.466. The van der Waals surface area contributed by atoms with Crippen LogP contribution in [0.25, 0.3) is 0 Å². The van der Waals surface area contributed by atoms with Crippen molar-refractivity contribution in [1.82, 2.24) is 10.2 Å². The molecule has 3 N–H and O–H groups in total. The summed E-state index contributed by atoms with van der Waals surface area (Å²) in [4.78, 5) is 11.4. The first-order valence-corrected chi connectivity index (χ1v) is 6.33. The summed E-state index contributed by atoms with van der Waals surface area (Å²) in [6.45, 7) is 0. The molecule has 14 heavy (non-hydrogen) atoms. The van der Waals surface area contributed by atoms with Crippen LogP contribution in [0.3, 0.4) is 0 Å². The molecular formula is C7H12N4OS2. The number of hydrogen-bond donors (Lipinski definition) is 2. The van der Waals surface area contributed by atoms with E-state index in [9.17, 15) is 4.79 Å². The van der Waals surface area contributed by atoms with Gasteiger partial charge in [-0.3, -0.25) is 10.1 Å². The summed E-state index contributed by atoms with van der Waals surface area (Å²) < 4.78 is 0. The molecule has 0 aliphatic heterocycles. The van der Waals surface area contributed by atoms with Gasteiger partial charge >= 0.3 is 0 Å². The molecule has 1 amide bonds. The Bertz CT molecular complexity index is 277. The zero-order valence-electron chi connectivity index (χ0n) is 7.77.